The van der Waals surface area contributed by atoms with E-state index in [1.807, 2.05) is 18.2 Å². The number of aliphatic hydroxyl groups is 1. The Hall–Kier alpha value is -1.50. The van der Waals surface area contributed by atoms with E-state index in [4.69, 9.17) is 9.84 Å². The zero-order valence-corrected chi connectivity index (χ0v) is 11.5. The molecule has 3 nitrogen and oxygen atoms in total. The van der Waals surface area contributed by atoms with Gasteiger partial charge >= 0.3 is 0 Å². The second-order valence-corrected chi connectivity index (χ2v) is 4.49. The number of ether oxygens (including phenoxy) is 1. The second-order valence-electron chi connectivity index (χ2n) is 4.49. The van der Waals surface area contributed by atoms with Crippen LogP contribution in [0.5, 0.6) is 5.75 Å². The summed E-state index contributed by atoms with van der Waals surface area (Å²) < 4.78 is 5.24. The lowest BCUT2D eigenvalue weighted by atomic mass is 10.1. The van der Waals surface area contributed by atoms with Crippen LogP contribution >= 0.6 is 0 Å². The van der Waals surface area contributed by atoms with Gasteiger partial charge in [0.15, 0.2) is 0 Å². The van der Waals surface area contributed by atoms with Crippen LogP contribution in [-0.2, 0) is 6.54 Å². The molecule has 0 aliphatic rings. The van der Waals surface area contributed by atoms with E-state index in [1.165, 1.54) is 0 Å². The van der Waals surface area contributed by atoms with Gasteiger partial charge in [-0.3, -0.25) is 4.90 Å². The molecule has 18 heavy (non-hydrogen) atoms. The molecule has 0 aromatic heterocycles. The van der Waals surface area contributed by atoms with Gasteiger partial charge < -0.3 is 9.84 Å². The topological polar surface area (TPSA) is 32.7 Å². The van der Waals surface area contributed by atoms with E-state index in [0.29, 0.717) is 6.04 Å². The summed E-state index contributed by atoms with van der Waals surface area (Å²) in [7, 11) is 3.73. The first-order valence-corrected chi connectivity index (χ1v) is 6.05. The molecule has 0 amide bonds. The summed E-state index contributed by atoms with van der Waals surface area (Å²) in [5.41, 5.74) is 2.06. The first-order chi connectivity index (χ1) is 8.58. The van der Waals surface area contributed by atoms with Gasteiger partial charge in [-0.25, -0.2) is 0 Å². The Morgan fingerprint density at radius 3 is 2.67 bits per heavy atom. The maximum absolute atomic E-state index is 8.78. The van der Waals surface area contributed by atoms with Gasteiger partial charge in [0.2, 0.25) is 0 Å². The minimum atomic E-state index is -0.120. The standard InChI is InChI=1S/C15H21NO2/c1-12(2)16(3)11-14-10-15(18-4)8-7-13(14)6-5-9-17/h7-8,10,12,17H,9,11H2,1-4H3. The Morgan fingerprint density at radius 1 is 1.39 bits per heavy atom. The third kappa shape index (κ3) is 4.06. The number of hydrogen-bond donors (Lipinski definition) is 1. The minimum absolute atomic E-state index is 0.120. The lowest BCUT2D eigenvalue weighted by Crippen LogP contribution is -2.26. The molecular formula is C15H21NO2. The number of aliphatic hydroxyl groups excluding tert-OH is 1. The molecule has 1 aromatic rings. The molecule has 0 saturated carbocycles. The molecule has 98 valence electrons. The van der Waals surface area contributed by atoms with Gasteiger partial charge in [0.05, 0.1) is 7.11 Å². The molecular weight excluding hydrogens is 226 g/mol. The number of methoxy groups -OCH3 is 1. The van der Waals surface area contributed by atoms with E-state index < -0.39 is 0 Å². The summed E-state index contributed by atoms with van der Waals surface area (Å²) in [5.74, 6) is 6.50. The van der Waals surface area contributed by atoms with Crippen molar-refractivity contribution in [3.05, 3.63) is 29.3 Å². The summed E-state index contributed by atoms with van der Waals surface area (Å²) in [5, 5.41) is 8.78. The smallest absolute Gasteiger partial charge is 0.119 e. The van der Waals surface area contributed by atoms with Gasteiger partial charge in [0.25, 0.3) is 0 Å². The lowest BCUT2D eigenvalue weighted by Gasteiger charge is -2.22. The molecule has 0 aliphatic heterocycles. The minimum Gasteiger partial charge on any atom is -0.497 e. The molecule has 1 N–H and O–H groups in total. The number of benzene rings is 1. The van der Waals surface area contributed by atoms with Crippen molar-refractivity contribution < 1.29 is 9.84 Å². The van der Waals surface area contributed by atoms with Crippen LogP contribution in [0.15, 0.2) is 18.2 Å². The third-order valence-electron chi connectivity index (χ3n) is 2.92. The second kappa shape index (κ2) is 7.05. The fourth-order valence-corrected chi connectivity index (χ4v) is 1.54. The zero-order valence-electron chi connectivity index (χ0n) is 11.5. The van der Waals surface area contributed by atoms with Crippen molar-refractivity contribution in [3.63, 3.8) is 0 Å². The molecule has 1 rings (SSSR count). The fourth-order valence-electron chi connectivity index (χ4n) is 1.54. The Balaban J connectivity index is 3.03. The molecule has 0 saturated heterocycles. The molecule has 0 atom stereocenters. The van der Waals surface area contributed by atoms with Crippen LogP contribution in [0.3, 0.4) is 0 Å². The van der Waals surface area contributed by atoms with Gasteiger partial charge in [-0.2, -0.15) is 0 Å². The van der Waals surface area contributed by atoms with Gasteiger partial charge in [-0.1, -0.05) is 11.8 Å². The molecule has 3 heteroatoms. The number of rotatable bonds is 4. The predicted molar refractivity (Wildman–Crippen MR) is 73.6 cm³/mol. The van der Waals surface area contributed by atoms with Crippen molar-refractivity contribution in [2.75, 3.05) is 20.8 Å². The molecule has 0 radical (unpaired) electrons. The van der Waals surface area contributed by atoms with Crippen LogP contribution in [0.25, 0.3) is 0 Å². The van der Waals surface area contributed by atoms with Gasteiger partial charge in [0.1, 0.15) is 12.4 Å². The van der Waals surface area contributed by atoms with Crippen LogP contribution in [0, 0.1) is 11.8 Å². The van der Waals surface area contributed by atoms with E-state index in [-0.39, 0.29) is 6.61 Å². The van der Waals surface area contributed by atoms with E-state index in [9.17, 15) is 0 Å². The van der Waals surface area contributed by atoms with Crippen LogP contribution in [0.1, 0.15) is 25.0 Å². The predicted octanol–water partition coefficient (Wildman–Crippen LogP) is 1.88. The molecule has 0 aliphatic carbocycles. The highest BCUT2D eigenvalue weighted by Gasteiger charge is 2.08. The van der Waals surface area contributed by atoms with Crippen LogP contribution in [0.4, 0.5) is 0 Å². The summed E-state index contributed by atoms with van der Waals surface area (Å²) in [4.78, 5) is 2.24. The van der Waals surface area contributed by atoms with Crippen molar-refractivity contribution in [2.45, 2.75) is 26.4 Å². The molecule has 0 unspecified atom stereocenters. The molecule has 0 bridgehead atoms. The number of hydrogen-bond acceptors (Lipinski definition) is 3. The van der Waals surface area contributed by atoms with Crippen molar-refractivity contribution >= 4 is 0 Å². The van der Waals surface area contributed by atoms with Crippen molar-refractivity contribution in [2.24, 2.45) is 0 Å². The Kier molecular flexibility index (Phi) is 5.70. The zero-order chi connectivity index (χ0) is 13.5. The maximum Gasteiger partial charge on any atom is 0.119 e. The fraction of sp³-hybridized carbons (Fsp3) is 0.467. The molecule has 0 heterocycles. The Morgan fingerprint density at radius 2 is 2.11 bits per heavy atom. The molecule has 1 aromatic carbocycles. The molecule has 0 spiro atoms. The van der Waals surface area contributed by atoms with Gasteiger partial charge in [-0.05, 0) is 44.7 Å². The van der Waals surface area contributed by atoms with Crippen molar-refractivity contribution in [1.29, 1.82) is 0 Å². The van der Waals surface area contributed by atoms with Crippen molar-refractivity contribution in [1.82, 2.24) is 4.90 Å². The van der Waals surface area contributed by atoms with E-state index in [0.717, 1.165) is 23.4 Å². The largest absolute Gasteiger partial charge is 0.497 e. The Bertz CT molecular complexity index is 444. The third-order valence-corrected chi connectivity index (χ3v) is 2.92. The van der Waals surface area contributed by atoms with Gasteiger partial charge in [0, 0.05) is 18.2 Å². The highest BCUT2D eigenvalue weighted by molar-refractivity contribution is 5.45. The maximum atomic E-state index is 8.78. The van der Waals surface area contributed by atoms with E-state index in [1.54, 1.807) is 7.11 Å². The van der Waals surface area contributed by atoms with E-state index in [2.05, 4.69) is 37.6 Å². The molecule has 0 fully saturated rings. The summed E-state index contributed by atoms with van der Waals surface area (Å²) >= 11 is 0. The van der Waals surface area contributed by atoms with Crippen molar-refractivity contribution in [3.8, 4) is 17.6 Å². The normalized spacial score (nSPS) is 10.4. The highest BCUT2D eigenvalue weighted by atomic mass is 16.5. The monoisotopic (exact) mass is 247 g/mol. The first kappa shape index (κ1) is 14.6. The average molecular weight is 247 g/mol. The Labute approximate surface area is 109 Å². The quantitative estimate of drug-likeness (QED) is 0.825. The summed E-state index contributed by atoms with van der Waals surface area (Å²) in [6.07, 6.45) is 0. The highest BCUT2D eigenvalue weighted by Crippen LogP contribution is 2.19. The van der Waals surface area contributed by atoms with Crippen LogP contribution in [-0.4, -0.2) is 36.8 Å². The summed E-state index contributed by atoms with van der Waals surface area (Å²) in [6.45, 7) is 4.99. The van der Waals surface area contributed by atoms with Crippen LogP contribution in [0.2, 0.25) is 0 Å². The van der Waals surface area contributed by atoms with Crippen LogP contribution < -0.4 is 4.74 Å². The average Bonchev–Trinajstić information content (AvgIpc) is 2.36. The number of nitrogens with zero attached hydrogens (tertiary/aromatic N) is 1. The van der Waals surface area contributed by atoms with E-state index >= 15 is 0 Å². The SMILES string of the molecule is COc1ccc(C#CCO)c(CN(C)C(C)C)c1. The van der Waals surface area contributed by atoms with Gasteiger partial charge in [-0.15, -0.1) is 0 Å². The summed E-state index contributed by atoms with van der Waals surface area (Å²) in [6, 6.07) is 6.29. The first-order valence-electron chi connectivity index (χ1n) is 6.05. The lowest BCUT2D eigenvalue weighted by molar-refractivity contribution is 0.265.